The van der Waals surface area contributed by atoms with Crippen molar-refractivity contribution in [2.45, 2.75) is 39.8 Å². The second-order valence-corrected chi connectivity index (χ2v) is 8.58. The van der Waals surface area contributed by atoms with Gasteiger partial charge in [0.2, 0.25) is 5.91 Å². The van der Waals surface area contributed by atoms with Gasteiger partial charge in [0, 0.05) is 24.0 Å². The Balaban J connectivity index is 1.78. The Morgan fingerprint density at radius 2 is 2.13 bits per heavy atom. The van der Waals surface area contributed by atoms with Gasteiger partial charge in [0.25, 0.3) is 0 Å². The van der Waals surface area contributed by atoms with Crippen LogP contribution in [0.4, 0.5) is 5.00 Å². The highest BCUT2D eigenvalue weighted by Gasteiger charge is 2.28. The van der Waals surface area contributed by atoms with Gasteiger partial charge >= 0.3 is 5.97 Å². The summed E-state index contributed by atoms with van der Waals surface area (Å²) in [6.45, 7) is 7.65. The molecule has 1 aliphatic heterocycles. The molecule has 0 radical (unpaired) electrons. The number of anilines is 1. The summed E-state index contributed by atoms with van der Waals surface area (Å²) in [6.07, 6.45) is 4.05. The Bertz CT molecular complexity index is 949. The summed E-state index contributed by atoms with van der Waals surface area (Å²) in [5.74, 6) is 0.0901. The maximum absolute atomic E-state index is 12.6. The standard InChI is InChI=1S/C23H28N2O4S/c1-5-28-23(27)21-18-11-12-25(4)14-19(18)30-22(21)24-20(26)10-9-16-7-6-8-17(13-16)29-15(2)3/h6-10,13,15H,5,11-12,14H2,1-4H3,(H,24,26)/b10-9+. The minimum Gasteiger partial charge on any atom is -0.491 e. The first-order valence-electron chi connectivity index (χ1n) is 10.1. The van der Waals surface area contributed by atoms with E-state index in [4.69, 9.17) is 9.47 Å². The molecule has 0 fully saturated rings. The van der Waals surface area contributed by atoms with Crippen molar-refractivity contribution in [1.29, 1.82) is 0 Å². The van der Waals surface area contributed by atoms with E-state index in [0.717, 1.165) is 41.3 Å². The highest BCUT2D eigenvalue weighted by Crippen LogP contribution is 2.37. The van der Waals surface area contributed by atoms with Crippen LogP contribution in [0.25, 0.3) is 6.08 Å². The highest BCUT2D eigenvalue weighted by atomic mass is 32.1. The SMILES string of the molecule is CCOC(=O)c1c(NC(=O)/C=C/c2cccc(OC(C)C)c2)sc2c1CCN(C)C2. The maximum Gasteiger partial charge on any atom is 0.341 e. The molecular weight excluding hydrogens is 400 g/mol. The molecule has 0 atom stereocenters. The summed E-state index contributed by atoms with van der Waals surface area (Å²) in [5, 5.41) is 3.44. The first-order chi connectivity index (χ1) is 14.4. The van der Waals surface area contributed by atoms with E-state index in [0.29, 0.717) is 17.2 Å². The lowest BCUT2D eigenvalue weighted by molar-refractivity contribution is -0.111. The number of nitrogens with zero attached hydrogens (tertiary/aromatic N) is 1. The van der Waals surface area contributed by atoms with E-state index in [-0.39, 0.29) is 18.0 Å². The zero-order chi connectivity index (χ0) is 21.7. The average Bonchev–Trinajstić information content (AvgIpc) is 3.03. The Labute approximate surface area is 181 Å². The predicted molar refractivity (Wildman–Crippen MR) is 120 cm³/mol. The third-order valence-electron chi connectivity index (χ3n) is 4.62. The monoisotopic (exact) mass is 428 g/mol. The average molecular weight is 429 g/mol. The number of carbonyl (C=O) groups is 2. The predicted octanol–water partition coefficient (Wildman–Crippen LogP) is 4.35. The number of fused-ring (bicyclic) bond motifs is 1. The summed E-state index contributed by atoms with van der Waals surface area (Å²) < 4.78 is 10.9. The van der Waals surface area contributed by atoms with Crippen molar-refractivity contribution in [3.8, 4) is 5.75 Å². The number of nitrogens with one attached hydrogen (secondary N) is 1. The molecule has 0 spiro atoms. The van der Waals surface area contributed by atoms with Gasteiger partial charge in [0.15, 0.2) is 0 Å². The van der Waals surface area contributed by atoms with Crippen molar-refractivity contribution < 1.29 is 19.1 Å². The fraction of sp³-hybridized carbons (Fsp3) is 0.391. The van der Waals surface area contributed by atoms with Crippen LogP contribution in [-0.4, -0.2) is 43.1 Å². The van der Waals surface area contributed by atoms with Crippen molar-refractivity contribution in [2.24, 2.45) is 0 Å². The molecule has 1 aromatic heterocycles. The Kier molecular flexibility index (Phi) is 7.29. The molecule has 1 N–H and O–H groups in total. The number of hydrogen-bond acceptors (Lipinski definition) is 6. The van der Waals surface area contributed by atoms with Gasteiger partial charge in [-0.1, -0.05) is 12.1 Å². The molecule has 1 amide bonds. The largest absolute Gasteiger partial charge is 0.491 e. The fourth-order valence-corrected chi connectivity index (χ4v) is 4.65. The second-order valence-electron chi connectivity index (χ2n) is 7.48. The van der Waals surface area contributed by atoms with Crippen LogP contribution in [0.15, 0.2) is 30.3 Å². The van der Waals surface area contributed by atoms with E-state index in [9.17, 15) is 9.59 Å². The van der Waals surface area contributed by atoms with Crippen LogP contribution in [-0.2, 0) is 22.5 Å². The highest BCUT2D eigenvalue weighted by molar-refractivity contribution is 7.17. The number of esters is 1. The molecule has 0 saturated heterocycles. The number of thiophene rings is 1. The Morgan fingerprint density at radius 1 is 1.33 bits per heavy atom. The van der Waals surface area contributed by atoms with Crippen molar-refractivity contribution in [3.63, 3.8) is 0 Å². The third kappa shape index (κ3) is 5.49. The lowest BCUT2D eigenvalue weighted by Gasteiger charge is -2.22. The molecule has 160 valence electrons. The number of carbonyl (C=O) groups excluding carboxylic acids is 2. The van der Waals surface area contributed by atoms with E-state index in [2.05, 4.69) is 10.2 Å². The van der Waals surface area contributed by atoms with E-state index in [1.54, 1.807) is 13.0 Å². The van der Waals surface area contributed by atoms with Gasteiger partial charge in [-0.2, -0.15) is 0 Å². The molecule has 3 rings (SSSR count). The van der Waals surface area contributed by atoms with E-state index >= 15 is 0 Å². The summed E-state index contributed by atoms with van der Waals surface area (Å²) in [4.78, 5) is 28.4. The van der Waals surface area contributed by atoms with E-state index in [1.165, 1.54) is 17.4 Å². The molecule has 1 aromatic carbocycles. The molecule has 0 saturated carbocycles. The number of amides is 1. The van der Waals surface area contributed by atoms with Crippen molar-refractivity contribution in [1.82, 2.24) is 4.90 Å². The molecular formula is C23H28N2O4S. The maximum atomic E-state index is 12.6. The molecule has 0 bridgehead atoms. The van der Waals surface area contributed by atoms with E-state index in [1.807, 2.05) is 45.2 Å². The first-order valence-corrected chi connectivity index (χ1v) is 10.9. The normalized spacial score (nSPS) is 14.0. The van der Waals surface area contributed by atoms with Gasteiger partial charge < -0.3 is 19.7 Å². The van der Waals surface area contributed by atoms with Crippen LogP contribution < -0.4 is 10.1 Å². The van der Waals surface area contributed by atoms with Crippen LogP contribution in [0.5, 0.6) is 5.75 Å². The molecule has 1 aliphatic rings. The third-order valence-corrected chi connectivity index (χ3v) is 5.75. The zero-order valence-corrected chi connectivity index (χ0v) is 18.7. The Hall–Kier alpha value is -2.64. The molecule has 2 aromatic rings. The fourth-order valence-electron chi connectivity index (χ4n) is 3.33. The summed E-state index contributed by atoms with van der Waals surface area (Å²) in [5.41, 5.74) is 2.36. The lowest BCUT2D eigenvalue weighted by atomic mass is 10.0. The smallest absolute Gasteiger partial charge is 0.341 e. The molecule has 7 heteroatoms. The molecule has 0 unspecified atom stereocenters. The first kappa shape index (κ1) is 22.1. The van der Waals surface area contributed by atoms with Gasteiger partial charge in [-0.25, -0.2) is 4.79 Å². The van der Waals surface area contributed by atoms with Gasteiger partial charge in [-0.05, 0) is 63.6 Å². The number of likely N-dealkylation sites (N-methyl/N-ethyl adjacent to an activating group) is 1. The summed E-state index contributed by atoms with van der Waals surface area (Å²) >= 11 is 1.45. The van der Waals surface area contributed by atoms with Crippen molar-refractivity contribution in [2.75, 3.05) is 25.5 Å². The van der Waals surface area contributed by atoms with Crippen molar-refractivity contribution >= 4 is 34.3 Å². The van der Waals surface area contributed by atoms with Crippen LogP contribution in [0.3, 0.4) is 0 Å². The number of hydrogen-bond donors (Lipinski definition) is 1. The van der Waals surface area contributed by atoms with Crippen LogP contribution in [0.1, 0.15) is 47.1 Å². The lowest BCUT2D eigenvalue weighted by Crippen LogP contribution is -2.26. The number of ether oxygens (including phenoxy) is 2. The Morgan fingerprint density at radius 3 is 2.87 bits per heavy atom. The van der Waals surface area contributed by atoms with Gasteiger partial charge in [0.1, 0.15) is 10.8 Å². The minimum atomic E-state index is -0.377. The van der Waals surface area contributed by atoms with Gasteiger partial charge in [-0.3, -0.25) is 4.79 Å². The molecule has 0 aliphatic carbocycles. The topological polar surface area (TPSA) is 67.9 Å². The minimum absolute atomic E-state index is 0.0812. The number of benzene rings is 1. The van der Waals surface area contributed by atoms with Crippen LogP contribution >= 0.6 is 11.3 Å². The quantitative estimate of drug-likeness (QED) is 0.524. The van der Waals surface area contributed by atoms with Gasteiger partial charge in [-0.15, -0.1) is 11.3 Å². The summed E-state index contributed by atoms with van der Waals surface area (Å²) in [7, 11) is 2.05. The van der Waals surface area contributed by atoms with E-state index < -0.39 is 0 Å². The van der Waals surface area contributed by atoms with Crippen molar-refractivity contribution in [3.05, 3.63) is 51.9 Å². The summed E-state index contributed by atoms with van der Waals surface area (Å²) in [6, 6.07) is 7.56. The molecule has 2 heterocycles. The molecule has 6 nitrogen and oxygen atoms in total. The number of rotatable bonds is 7. The zero-order valence-electron chi connectivity index (χ0n) is 17.9. The second kappa shape index (κ2) is 9.91. The van der Waals surface area contributed by atoms with Gasteiger partial charge in [0.05, 0.1) is 18.3 Å². The van der Waals surface area contributed by atoms with Crippen LogP contribution in [0.2, 0.25) is 0 Å². The van der Waals surface area contributed by atoms with Crippen LogP contribution in [0, 0.1) is 0 Å². The molecule has 30 heavy (non-hydrogen) atoms.